The molecule has 0 aliphatic carbocycles. The lowest BCUT2D eigenvalue weighted by molar-refractivity contribution is -0.117. The van der Waals surface area contributed by atoms with E-state index in [2.05, 4.69) is 20.6 Å². The Morgan fingerprint density at radius 1 is 1.33 bits per heavy atom. The van der Waals surface area contributed by atoms with Gasteiger partial charge < -0.3 is 5.32 Å². The van der Waals surface area contributed by atoms with E-state index in [4.69, 9.17) is 0 Å². The molecule has 0 unspecified atom stereocenters. The number of urea groups is 1. The molecule has 112 valence electrons. The third kappa shape index (κ3) is 4.68. The topological polar surface area (TPSA) is 84.0 Å². The Balaban J connectivity index is 1.90. The first-order chi connectivity index (χ1) is 9.85. The van der Waals surface area contributed by atoms with Gasteiger partial charge in [-0.1, -0.05) is 11.8 Å². The summed E-state index contributed by atoms with van der Waals surface area (Å²) in [5.74, 6) is -0.230. The minimum atomic E-state index is -0.489. The third-order valence-corrected chi connectivity index (χ3v) is 4.32. The average Bonchev–Trinajstić information content (AvgIpc) is 2.82. The molecule has 0 aromatic carbocycles. The van der Waals surface area contributed by atoms with Crippen molar-refractivity contribution in [2.45, 2.75) is 31.3 Å². The van der Waals surface area contributed by atoms with Crippen LogP contribution in [0.4, 0.5) is 4.79 Å². The molecule has 0 saturated heterocycles. The number of nitrogens with zero attached hydrogens (tertiary/aromatic N) is 2. The van der Waals surface area contributed by atoms with E-state index in [1.54, 1.807) is 0 Å². The van der Waals surface area contributed by atoms with Gasteiger partial charge in [0.25, 0.3) is 0 Å². The molecule has 0 aliphatic heterocycles. The van der Waals surface area contributed by atoms with Crippen molar-refractivity contribution in [3.8, 4) is 0 Å². The number of hydrogen-bond acceptors (Lipinski definition) is 6. The summed E-state index contributed by atoms with van der Waals surface area (Å²) in [5, 5.41) is 7.65. The van der Waals surface area contributed by atoms with Crippen molar-refractivity contribution in [1.29, 1.82) is 0 Å². The van der Waals surface area contributed by atoms with Crippen LogP contribution in [-0.4, -0.2) is 33.2 Å². The van der Waals surface area contributed by atoms with Crippen LogP contribution in [-0.2, 0) is 4.79 Å². The molecular formula is C13H16N4O2S2. The Hall–Kier alpha value is -1.67. The van der Waals surface area contributed by atoms with Crippen LogP contribution < -0.4 is 10.6 Å². The van der Waals surface area contributed by atoms with Crippen molar-refractivity contribution < 1.29 is 9.59 Å². The van der Waals surface area contributed by atoms with E-state index in [0.717, 1.165) is 15.2 Å². The summed E-state index contributed by atoms with van der Waals surface area (Å²) in [5.41, 5.74) is 0.483. The average molecular weight is 324 g/mol. The lowest BCUT2D eigenvalue weighted by Crippen LogP contribution is -2.48. The Morgan fingerprint density at radius 2 is 2.10 bits per heavy atom. The van der Waals surface area contributed by atoms with Gasteiger partial charge in [-0.2, -0.15) is 0 Å². The number of hydrogen-bond donors (Lipinski definition) is 2. The van der Waals surface area contributed by atoms with Gasteiger partial charge in [0.15, 0.2) is 0 Å². The monoisotopic (exact) mass is 324 g/mol. The summed E-state index contributed by atoms with van der Waals surface area (Å²) in [4.78, 5) is 31.6. The molecule has 2 aromatic rings. The van der Waals surface area contributed by atoms with Crippen LogP contribution >= 0.6 is 23.1 Å². The number of amides is 3. The number of carbonyl (C=O) groups is 2. The first-order valence-electron chi connectivity index (χ1n) is 6.28. The summed E-state index contributed by atoms with van der Waals surface area (Å²) in [6.07, 6.45) is 1.47. The molecule has 0 saturated carbocycles. The van der Waals surface area contributed by atoms with Crippen molar-refractivity contribution >= 4 is 45.3 Å². The fourth-order valence-corrected chi connectivity index (χ4v) is 3.28. The van der Waals surface area contributed by atoms with Gasteiger partial charge in [-0.25, -0.2) is 14.8 Å². The van der Waals surface area contributed by atoms with E-state index in [1.165, 1.54) is 29.4 Å². The SMILES string of the molecule is CC(C)(C)NC(=O)NC(=O)CSc1ncnc2ccsc12. The Bertz CT molecular complexity index is 663. The summed E-state index contributed by atoms with van der Waals surface area (Å²) in [6.45, 7) is 5.54. The molecule has 2 rings (SSSR count). The number of imide groups is 1. The van der Waals surface area contributed by atoms with E-state index < -0.39 is 6.03 Å². The van der Waals surface area contributed by atoms with Crippen LogP contribution in [0.1, 0.15) is 20.8 Å². The number of thioether (sulfide) groups is 1. The molecule has 2 N–H and O–H groups in total. The van der Waals surface area contributed by atoms with Gasteiger partial charge in [0.1, 0.15) is 11.4 Å². The zero-order valence-electron chi connectivity index (χ0n) is 12.0. The van der Waals surface area contributed by atoms with Crippen molar-refractivity contribution in [3.63, 3.8) is 0 Å². The second-order valence-electron chi connectivity index (χ2n) is 5.35. The summed E-state index contributed by atoms with van der Waals surface area (Å²) in [6, 6.07) is 1.42. The van der Waals surface area contributed by atoms with Gasteiger partial charge in [-0.15, -0.1) is 11.3 Å². The van der Waals surface area contributed by atoms with Gasteiger partial charge in [0, 0.05) is 5.54 Å². The number of carbonyl (C=O) groups excluding carboxylic acids is 2. The maximum absolute atomic E-state index is 11.8. The number of nitrogens with one attached hydrogen (secondary N) is 2. The van der Waals surface area contributed by atoms with Crippen LogP contribution in [0.2, 0.25) is 0 Å². The summed E-state index contributed by atoms with van der Waals surface area (Å²) < 4.78 is 0.953. The highest BCUT2D eigenvalue weighted by atomic mass is 32.2. The maximum atomic E-state index is 11.8. The summed E-state index contributed by atoms with van der Waals surface area (Å²) >= 11 is 2.82. The van der Waals surface area contributed by atoms with E-state index in [-0.39, 0.29) is 17.2 Å². The van der Waals surface area contributed by atoms with Crippen molar-refractivity contribution in [2.75, 3.05) is 5.75 Å². The molecule has 0 radical (unpaired) electrons. The fourth-order valence-electron chi connectivity index (χ4n) is 1.54. The Morgan fingerprint density at radius 3 is 2.81 bits per heavy atom. The second-order valence-corrected chi connectivity index (χ2v) is 7.23. The van der Waals surface area contributed by atoms with Gasteiger partial charge in [-0.05, 0) is 32.2 Å². The van der Waals surface area contributed by atoms with Crippen LogP contribution in [0.25, 0.3) is 10.2 Å². The van der Waals surface area contributed by atoms with Crippen LogP contribution in [0.5, 0.6) is 0 Å². The molecule has 6 nitrogen and oxygen atoms in total. The summed E-state index contributed by atoms with van der Waals surface area (Å²) in [7, 11) is 0. The van der Waals surface area contributed by atoms with E-state index >= 15 is 0 Å². The molecule has 0 aliphatic rings. The molecule has 3 amide bonds. The zero-order chi connectivity index (χ0) is 15.5. The van der Waals surface area contributed by atoms with Crippen molar-refractivity contribution in [2.24, 2.45) is 0 Å². The molecule has 2 aromatic heterocycles. The van der Waals surface area contributed by atoms with E-state index in [9.17, 15) is 9.59 Å². The highest BCUT2D eigenvalue weighted by Gasteiger charge is 2.16. The predicted octanol–water partition coefficient (Wildman–Crippen LogP) is 2.41. The second kappa shape index (κ2) is 6.40. The van der Waals surface area contributed by atoms with Crippen molar-refractivity contribution in [1.82, 2.24) is 20.6 Å². The maximum Gasteiger partial charge on any atom is 0.321 e. The van der Waals surface area contributed by atoms with E-state index in [1.807, 2.05) is 32.2 Å². The molecule has 2 heterocycles. The Labute approximate surface area is 130 Å². The normalized spacial score (nSPS) is 11.4. The molecule has 0 atom stereocenters. The molecule has 0 fully saturated rings. The number of fused-ring (bicyclic) bond motifs is 1. The van der Waals surface area contributed by atoms with E-state index in [0.29, 0.717) is 0 Å². The first-order valence-corrected chi connectivity index (χ1v) is 8.15. The highest BCUT2D eigenvalue weighted by Crippen LogP contribution is 2.28. The van der Waals surface area contributed by atoms with Gasteiger partial charge in [-0.3, -0.25) is 10.1 Å². The molecule has 8 heteroatoms. The predicted molar refractivity (Wildman–Crippen MR) is 84.6 cm³/mol. The Kier molecular flexibility index (Phi) is 4.79. The largest absolute Gasteiger partial charge is 0.333 e. The highest BCUT2D eigenvalue weighted by molar-refractivity contribution is 8.00. The molecular weight excluding hydrogens is 308 g/mol. The quantitative estimate of drug-likeness (QED) is 0.669. The van der Waals surface area contributed by atoms with Gasteiger partial charge >= 0.3 is 6.03 Å². The van der Waals surface area contributed by atoms with Gasteiger partial charge in [0.05, 0.1) is 16.0 Å². The molecule has 0 bridgehead atoms. The lowest BCUT2D eigenvalue weighted by Gasteiger charge is -2.20. The van der Waals surface area contributed by atoms with Crippen molar-refractivity contribution in [3.05, 3.63) is 17.8 Å². The lowest BCUT2D eigenvalue weighted by atomic mass is 10.1. The fraction of sp³-hybridized carbons (Fsp3) is 0.385. The van der Waals surface area contributed by atoms with Crippen LogP contribution in [0.15, 0.2) is 22.8 Å². The first kappa shape index (κ1) is 15.7. The molecule has 0 spiro atoms. The minimum absolute atomic E-state index is 0.127. The number of aromatic nitrogens is 2. The van der Waals surface area contributed by atoms with Gasteiger partial charge in [0.2, 0.25) is 5.91 Å². The molecule has 21 heavy (non-hydrogen) atoms. The smallest absolute Gasteiger partial charge is 0.321 e. The third-order valence-electron chi connectivity index (χ3n) is 2.29. The zero-order valence-corrected chi connectivity index (χ0v) is 13.6. The van der Waals surface area contributed by atoms with Crippen LogP contribution in [0.3, 0.4) is 0 Å². The number of thiophene rings is 1. The number of rotatable bonds is 3. The van der Waals surface area contributed by atoms with Crippen LogP contribution in [0, 0.1) is 0 Å². The standard InChI is InChI=1S/C13H16N4O2S2/c1-13(2,3)17-12(19)16-9(18)6-21-11-10-8(4-5-20-10)14-7-15-11/h4-5,7H,6H2,1-3H3,(H2,16,17,18,19). The minimum Gasteiger partial charge on any atom is -0.333 e.